The number of hydrogen-bond acceptors (Lipinski definition) is 5. The molecule has 4 N–H and O–H groups in total. The third-order valence-corrected chi connectivity index (χ3v) is 8.85. The Balaban J connectivity index is 1.17. The number of rotatable bonds is 3. The third kappa shape index (κ3) is 3.01. The maximum atomic E-state index is 13.4. The molecule has 2 aromatic carbocycles. The van der Waals surface area contributed by atoms with Crippen LogP contribution in [0.25, 0.3) is 11.0 Å². The zero-order chi connectivity index (χ0) is 24.5. The number of hydrogen-bond donors (Lipinski definition) is 3. The Hall–Kier alpha value is -3.89. The minimum atomic E-state index is -0.285. The highest BCUT2D eigenvalue weighted by atomic mass is 16.1. The SMILES string of the molecule is C#Cc1cccc(C2(c3n[nH]c4nc(N5CCC6(CC5)Cc5ccccc5[C@H]6N)[nH]c(=O)c34)CC2)c1. The highest BCUT2D eigenvalue weighted by Crippen LogP contribution is 2.54. The van der Waals surface area contributed by atoms with E-state index in [1.807, 2.05) is 18.2 Å². The first kappa shape index (κ1) is 21.4. The van der Waals surface area contributed by atoms with E-state index in [1.54, 1.807) is 0 Å². The molecule has 0 radical (unpaired) electrons. The number of benzene rings is 2. The molecule has 4 aromatic rings. The van der Waals surface area contributed by atoms with Gasteiger partial charge in [0, 0.05) is 30.1 Å². The van der Waals surface area contributed by atoms with Crippen LogP contribution in [0.2, 0.25) is 0 Å². The van der Waals surface area contributed by atoms with Crippen LogP contribution in [0.15, 0.2) is 53.3 Å². The van der Waals surface area contributed by atoms with Crippen molar-refractivity contribution in [3.8, 4) is 12.3 Å². The zero-order valence-electron chi connectivity index (χ0n) is 20.1. The van der Waals surface area contributed by atoms with Crippen LogP contribution in [-0.2, 0) is 11.8 Å². The molecule has 7 heteroatoms. The molecule has 1 aliphatic heterocycles. The van der Waals surface area contributed by atoms with Gasteiger partial charge in [0.05, 0.1) is 5.69 Å². The summed E-state index contributed by atoms with van der Waals surface area (Å²) >= 11 is 0. The Labute approximate surface area is 209 Å². The van der Waals surface area contributed by atoms with E-state index in [0.717, 1.165) is 62.0 Å². The van der Waals surface area contributed by atoms with Crippen LogP contribution in [-0.4, -0.2) is 33.3 Å². The molecule has 1 saturated carbocycles. The summed E-state index contributed by atoms with van der Waals surface area (Å²) in [5.41, 5.74) is 12.3. The highest BCUT2D eigenvalue weighted by Gasteiger charge is 2.50. The summed E-state index contributed by atoms with van der Waals surface area (Å²) < 4.78 is 0. The van der Waals surface area contributed by atoms with Crippen molar-refractivity contribution in [2.24, 2.45) is 11.1 Å². The molecule has 2 aromatic heterocycles. The summed E-state index contributed by atoms with van der Waals surface area (Å²) in [4.78, 5) is 23.4. The van der Waals surface area contributed by atoms with E-state index < -0.39 is 0 Å². The molecule has 1 saturated heterocycles. The van der Waals surface area contributed by atoms with Gasteiger partial charge in [0.15, 0.2) is 5.65 Å². The Morgan fingerprint density at radius 2 is 1.89 bits per heavy atom. The van der Waals surface area contributed by atoms with Crippen molar-refractivity contribution >= 4 is 17.0 Å². The number of piperidine rings is 1. The molecule has 0 unspecified atom stereocenters. The molecule has 2 fully saturated rings. The van der Waals surface area contributed by atoms with Crippen molar-refractivity contribution in [3.05, 3.63) is 86.8 Å². The Morgan fingerprint density at radius 1 is 1.08 bits per heavy atom. The molecule has 36 heavy (non-hydrogen) atoms. The van der Waals surface area contributed by atoms with Crippen molar-refractivity contribution in [3.63, 3.8) is 0 Å². The Bertz CT molecular complexity index is 1600. The number of nitrogens with one attached hydrogen (secondary N) is 2. The lowest BCUT2D eigenvalue weighted by Gasteiger charge is -2.42. The Kier molecular flexibility index (Phi) is 4.49. The molecule has 3 aliphatic rings. The lowest BCUT2D eigenvalue weighted by atomic mass is 9.73. The lowest BCUT2D eigenvalue weighted by molar-refractivity contribution is 0.187. The van der Waals surface area contributed by atoms with E-state index in [-0.39, 0.29) is 22.4 Å². The predicted molar refractivity (Wildman–Crippen MR) is 140 cm³/mol. The van der Waals surface area contributed by atoms with Crippen LogP contribution in [0.3, 0.4) is 0 Å². The molecular weight excluding hydrogens is 448 g/mol. The maximum absolute atomic E-state index is 13.4. The number of terminal acetylenes is 1. The highest BCUT2D eigenvalue weighted by molar-refractivity contribution is 5.80. The van der Waals surface area contributed by atoms with Gasteiger partial charge in [-0.05, 0) is 66.3 Å². The molecule has 180 valence electrons. The average molecular weight is 477 g/mol. The molecule has 7 rings (SSSR count). The van der Waals surface area contributed by atoms with E-state index in [0.29, 0.717) is 17.0 Å². The number of aromatic amines is 2. The van der Waals surface area contributed by atoms with Crippen molar-refractivity contribution < 1.29 is 0 Å². The molecule has 3 heterocycles. The van der Waals surface area contributed by atoms with Gasteiger partial charge in [0.2, 0.25) is 5.95 Å². The molecule has 1 atom stereocenters. The largest absolute Gasteiger partial charge is 0.342 e. The standard InChI is InChI=1S/C29H28N6O/c1-2-18-6-5-8-20(16-18)29(10-11-29)24-22-25(34-33-24)31-27(32-26(22)36)35-14-12-28(13-15-35)17-19-7-3-4-9-21(19)23(28)30/h1,3-9,16,23H,10-15,17,30H2,(H2,31,32,33,34,36)/t23-/m1/s1. The monoisotopic (exact) mass is 476 g/mol. The minimum Gasteiger partial charge on any atom is -0.342 e. The first-order valence-electron chi connectivity index (χ1n) is 12.7. The van der Waals surface area contributed by atoms with Gasteiger partial charge in [-0.3, -0.25) is 14.9 Å². The van der Waals surface area contributed by atoms with Crippen LogP contribution < -0.4 is 16.2 Å². The molecule has 0 bridgehead atoms. The second-order valence-corrected chi connectivity index (χ2v) is 10.7. The van der Waals surface area contributed by atoms with Crippen LogP contribution in [0.5, 0.6) is 0 Å². The fourth-order valence-corrected chi connectivity index (χ4v) is 6.59. The van der Waals surface area contributed by atoms with Gasteiger partial charge in [-0.15, -0.1) is 6.42 Å². The number of H-pyrrole nitrogens is 2. The molecular formula is C29H28N6O. The number of fused-ring (bicyclic) bond motifs is 2. The molecule has 2 aliphatic carbocycles. The smallest absolute Gasteiger partial charge is 0.263 e. The lowest BCUT2D eigenvalue weighted by Crippen LogP contribution is -2.45. The summed E-state index contributed by atoms with van der Waals surface area (Å²) in [6, 6.07) is 16.6. The van der Waals surface area contributed by atoms with E-state index in [4.69, 9.17) is 17.1 Å². The zero-order valence-corrected chi connectivity index (χ0v) is 20.1. The summed E-state index contributed by atoms with van der Waals surface area (Å²) in [5, 5.41) is 8.20. The summed E-state index contributed by atoms with van der Waals surface area (Å²) in [7, 11) is 0. The average Bonchev–Trinajstić information content (AvgIpc) is 3.53. The summed E-state index contributed by atoms with van der Waals surface area (Å²) in [6.45, 7) is 1.61. The van der Waals surface area contributed by atoms with E-state index in [2.05, 4.69) is 56.3 Å². The minimum absolute atomic E-state index is 0.0585. The van der Waals surface area contributed by atoms with E-state index >= 15 is 0 Å². The van der Waals surface area contributed by atoms with Crippen LogP contribution in [0, 0.1) is 17.8 Å². The predicted octanol–water partition coefficient (Wildman–Crippen LogP) is 3.55. The number of aromatic nitrogens is 4. The van der Waals surface area contributed by atoms with Gasteiger partial charge in [0.25, 0.3) is 5.56 Å². The fourth-order valence-electron chi connectivity index (χ4n) is 6.59. The summed E-state index contributed by atoms with van der Waals surface area (Å²) in [5.74, 6) is 3.31. The summed E-state index contributed by atoms with van der Waals surface area (Å²) in [6.07, 6.45) is 10.4. The number of anilines is 1. The van der Waals surface area contributed by atoms with Gasteiger partial charge in [-0.1, -0.05) is 42.3 Å². The number of nitrogens with zero attached hydrogens (tertiary/aromatic N) is 3. The normalized spacial score (nSPS) is 21.4. The third-order valence-electron chi connectivity index (χ3n) is 8.85. The van der Waals surface area contributed by atoms with Gasteiger partial charge in [-0.2, -0.15) is 10.1 Å². The number of nitrogens with two attached hydrogens (primary N) is 1. The van der Waals surface area contributed by atoms with Crippen molar-refractivity contribution in [1.29, 1.82) is 0 Å². The van der Waals surface area contributed by atoms with Crippen molar-refractivity contribution in [2.75, 3.05) is 18.0 Å². The quantitative estimate of drug-likeness (QED) is 0.393. The van der Waals surface area contributed by atoms with Crippen molar-refractivity contribution in [2.45, 2.75) is 43.6 Å². The first-order chi connectivity index (χ1) is 17.5. The van der Waals surface area contributed by atoms with Crippen molar-refractivity contribution in [1.82, 2.24) is 20.2 Å². The maximum Gasteiger partial charge on any atom is 0.263 e. The molecule has 7 nitrogen and oxygen atoms in total. The topological polar surface area (TPSA) is 104 Å². The van der Waals surface area contributed by atoms with Gasteiger partial charge in [0.1, 0.15) is 5.39 Å². The fraction of sp³-hybridized carbons (Fsp3) is 0.345. The van der Waals surface area contributed by atoms with Crippen LogP contribution >= 0.6 is 0 Å². The van der Waals surface area contributed by atoms with Gasteiger partial charge >= 0.3 is 0 Å². The molecule has 0 amide bonds. The van der Waals surface area contributed by atoms with Gasteiger partial charge in [-0.25, -0.2) is 0 Å². The van der Waals surface area contributed by atoms with E-state index in [9.17, 15) is 4.79 Å². The second-order valence-electron chi connectivity index (χ2n) is 10.7. The van der Waals surface area contributed by atoms with Crippen LogP contribution in [0.4, 0.5) is 5.95 Å². The van der Waals surface area contributed by atoms with Crippen LogP contribution in [0.1, 0.15) is 59.7 Å². The van der Waals surface area contributed by atoms with E-state index in [1.165, 1.54) is 11.1 Å². The first-order valence-corrected chi connectivity index (χ1v) is 12.7. The molecule has 1 spiro atoms. The Morgan fingerprint density at radius 3 is 2.64 bits per heavy atom. The van der Waals surface area contributed by atoms with Gasteiger partial charge < -0.3 is 10.6 Å². The second kappa shape index (κ2) is 7.55.